The number of aromatic nitrogens is 1. The molecule has 2 heterocycles. The van der Waals surface area contributed by atoms with Crippen molar-refractivity contribution in [1.29, 1.82) is 0 Å². The van der Waals surface area contributed by atoms with Gasteiger partial charge in [-0.15, -0.1) is 0 Å². The van der Waals surface area contributed by atoms with Gasteiger partial charge in [0.05, 0.1) is 4.92 Å². The summed E-state index contributed by atoms with van der Waals surface area (Å²) in [4.78, 5) is 29.6. The van der Waals surface area contributed by atoms with Gasteiger partial charge in [0.25, 0.3) is 11.6 Å². The van der Waals surface area contributed by atoms with Crippen LogP contribution < -0.4 is 15.5 Å². The Balaban J connectivity index is 1.63. The molecule has 0 saturated carbocycles. The maximum Gasteiger partial charge on any atom is 0.293 e. The predicted octanol–water partition coefficient (Wildman–Crippen LogP) is 2.56. The van der Waals surface area contributed by atoms with Crippen LogP contribution in [-0.2, 0) is 6.54 Å². The number of pyridine rings is 1. The second-order valence-corrected chi connectivity index (χ2v) is 6.14. The molecule has 2 aromatic rings. The highest BCUT2D eigenvalue weighted by Crippen LogP contribution is 2.25. The molecule has 1 aliphatic rings. The lowest BCUT2D eigenvalue weighted by Gasteiger charge is -2.16. The monoisotopic (exact) mass is 355 g/mol. The topological polar surface area (TPSA) is 100 Å². The third-order valence-electron chi connectivity index (χ3n) is 4.42. The second kappa shape index (κ2) is 7.81. The van der Waals surface area contributed by atoms with E-state index in [0.717, 1.165) is 24.5 Å². The molecule has 1 aliphatic heterocycles. The Bertz CT molecular complexity index is 801. The fourth-order valence-corrected chi connectivity index (χ4v) is 2.97. The summed E-state index contributed by atoms with van der Waals surface area (Å²) in [5.74, 6) is 0.593. The zero-order chi connectivity index (χ0) is 18.5. The Kier molecular flexibility index (Phi) is 5.31. The second-order valence-electron chi connectivity index (χ2n) is 6.14. The molecule has 1 saturated heterocycles. The van der Waals surface area contributed by atoms with Gasteiger partial charge in [0.15, 0.2) is 0 Å². The van der Waals surface area contributed by atoms with Crippen molar-refractivity contribution < 1.29 is 9.72 Å². The lowest BCUT2D eigenvalue weighted by atomic mass is 10.1. The molecule has 0 aliphatic carbocycles. The molecule has 8 nitrogen and oxygen atoms in total. The standard InChI is InChI=1S/C18H21N5O3/c1-19-15-6-5-14(10-16(15)23(25)26)18(24)21-12-13-4-7-17(20-11-13)22-8-2-3-9-22/h4-7,10-11,19H,2-3,8-9,12H2,1H3,(H,21,24). The molecule has 1 aromatic carbocycles. The number of anilines is 2. The number of hydrogen-bond acceptors (Lipinski definition) is 6. The summed E-state index contributed by atoms with van der Waals surface area (Å²) in [5.41, 5.74) is 1.37. The number of nitro groups is 1. The molecule has 26 heavy (non-hydrogen) atoms. The van der Waals surface area contributed by atoms with Gasteiger partial charge >= 0.3 is 0 Å². The van der Waals surface area contributed by atoms with Crippen molar-refractivity contribution in [2.45, 2.75) is 19.4 Å². The largest absolute Gasteiger partial charge is 0.383 e. The van der Waals surface area contributed by atoms with Crippen molar-refractivity contribution in [3.8, 4) is 0 Å². The highest BCUT2D eigenvalue weighted by molar-refractivity contribution is 5.95. The Labute approximate surface area is 151 Å². The van der Waals surface area contributed by atoms with Crippen LogP contribution in [0.2, 0.25) is 0 Å². The van der Waals surface area contributed by atoms with E-state index in [1.165, 1.54) is 25.0 Å². The van der Waals surface area contributed by atoms with E-state index in [0.29, 0.717) is 12.2 Å². The number of rotatable bonds is 6. The van der Waals surface area contributed by atoms with Crippen molar-refractivity contribution in [2.24, 2.45) is 0 Å². The zero-order valence-corrected chi connectivity index (χ0v) is 14.6. The molecular formula is C18H21N5O3. The summed E-state index contributed by atoms with van der Waals surface area (Å²) >= 11 is 0. The molecule has 1 aromatic heterocycles. The lowest BCUT2D eigenvalue weighted by Crippen LogP contribution is -2.23. The molecule has 1 amide bonds. The molecule has 0 atom stereocenters. The van der Waals surface area contributed by atoms with E-state index < -0.39 is 4.92 Å². The highest BCUT2D eigenvalue weighted by atomic mass is 16.6. The highest BCUT2D eigenvalue weighted by Gasteiger charge is 2.17. The van der Waals surface area contributed by atoms with Crippen LogP contribution in [0.15, 0.2) is 36.5 Å². The molecule has 1 fully saturated rings. The van der Waals surface area contributed by atoms with Gasteiger partial charge in [-0.25, -0.2) is 4.98 Å². The van der Waals surface area contributed by atoms with E-state index in [1.807, 2.05) is 12.1 Å². The molecule has 0 bridgehead atoms. The van der Waals surface area contributed by atoms with Crippen LogP contribution in [0.1, 0.15) is 28.8 Å². The molecule has 0 spiro atoms. The van der Waals surface area contributed by atoms with Crippen molar-refractivity contribution in [2.75, 3.05) is 30.4 Å². The van der Waals surface area contributed by atoms with E-state index in [2.05, 4.69) is 20.5 Å². The van der Waals surface area contributed by atoms with Crippen molar-refractivity contribution in [3.63, 3.8) is 0 Å². The molecule has 0 unspecified atom stereocenters. The third kappa shape index (κ3) is 3.90. The number of nitrogens with one attached hydrogen (secondary N) is 2. The van der Waals surface area contributed by atoms with Gasteiger partial charge in [0.1, 0.15) is 11.5 Å². The third-order valence-corrected chi connectivity index (χ3v) is 4.42. The number of nitro benzene ring substituents is 1. The van der Waals surface area contributed by atoms with Crippen molar-refractivity contribution in [1.82, 2.24) is 10.3 Å². The van der Waals surface area contributed by atoms with Crippen LogP contribution in [0.4, 0.5) is 17.2 Å². The normalized spacial score (nSPS) is 13.5. The molecule has 3 rings (SSSR count). The minimum atomic E-state index is -0.510. The van der Waals surface area contributed by atoms with Gasteiger partial charge in [-0.05, 0) is 36.6 Å². The Morgan fingerprint density at radius 3 is 2.65 bits per heavy atom. The quantitative estimate of drug-likeness (QED) is 0.610. The van der Waals surface area contributed by atoms with Crippen LogP contribution in [-0.4, -0.2) is 36.0 Å². The molecular weight excluding hydrogens is 334 g/mol. The number of carbonyl (C=O) groups is 1. The maximum absolute atomic E-state index is 12.3. The number of carbonyl (C=O) groups excluding carboxylic acids is 1. The summed E-state index contributed by atoms with van der Waals surface area (Å²) < 4.78 is 0. The fourth-order valence-electron chi connectivity index (χ4n) is 2.97. The summed E-state index contributed by atoms with van der Waals surface area (Å²) in [6.07, 6.45) is 4.14. The maximum atomic E-state index is 12.3. The fraction of sp³-hybridized carbons (Fsp3) is 0.333. The number of nitrogens with zero attached hydrogens (tertiary/aromatic N) is 3. The van der Waals surface area contributed by atoms with Gasteiger partial charge in [0.2, 0.25) is 0 Å². The minimum absolute atomic E-state index is 0.128. The van der Waals surface area contributed by atoms with Gasteiger partial charge in [-0.2, -0.15) is 0 Å². The minimum Gasteiger partial charge on any atom is -0.383 e. The number of benzene rings is 1. The molecule has 0 radical (unpaired) electrons. The van der Waals surface area contributed by atoms with Crippen LogP contribution in [0.25, 0.3) is 0 Å². The first-order valence-corrected chi connectivity index (χ1v) is 8.53. The smallest absolute Gasteiger partial charge is 0.293 e. The predicted molar refractivity (Wildman–Crippen MR) is 99.5 cm³/mol. The van der Waals surface area contributed by atoms with Crippen LogP contribution in [0, 0.1) is 10.1 Å². The summed E-state index contributed by atoms with van der Waals surface area (Å²) in [5, 5.41) is 16.6. The van der Waals surface area contributed by atoms with E-state index in [9.17, 15) is 14.9 Å². The van der Waals surface area contributed by atoms with E-state index in [-0.39, 0.29) is 17.2 Å². The average Bonchev–Trinajstić information content (AvgIpc) is 3.20. The first-order valence-electron chi connectivity index (χ1n) is 8.53. The van der Waals surface area contributed by atoms with Crippen LogP contribution >= 0.6 is 0 Å². The summed E-state index contributed by atoms with van der Waals surface area (Å²) in [6.45, 7) is 2.38. The van der Waals surface area contributed by atoms with Crippen LogP contribution in [0.3, 0.4) is 0 Å². The van der Waals surface area contributed by atoms with Crippen LogP contribution in [0.5, 0.6) is 0 Å². The van der Waals surface area contributed by atoms with E-state index in [4.69, 9.17) is 0 Å². The summed E-state index contributed by atoms with van der Waals surface area (Å²) in [7, 11) is 1.60. The van der Waals surface area contributed by atoms with Crippen molar-refractivity contribution in [3.05, 3.63) is 57.8 Å². The van der Waals surface area contributed by atoms with Gasteiger partial charge in [-0.3, -0.25) is 14.9 Å². The first-order chi connectivity index (χ1) is 12.6. The Morgan fingerprint density at radius 2 is 2.04 bits per heavy atom. The zero-order valence-electron chi connectivity index (χ0n) is 14.6. The molecule has 2 N–H and O–H groups in total. The van der Waals surface area contributed by atoms with Gasteiger partial charge in [-0.1, -0.05) is 6.07 Å². The van der Waals surface area contributed by atoms with E-state index in [1.54, 1.807) is 19.3 Å². The molecule has 8 heteroatoms. The van der Waals surface area contributed by atoms with Gasteiger partial charge < -0.3 is 15.5 Å². The molecule has 136 valence electrons. The number of amides is 1. The first kappa shape index (κ1) is 17.7. The van der Waals surface area contributed by atoms with Gasteiger partial charge in [0, 0.05) is 44.5 Å². The summed E-state index contributed by atoms with van der Waals surface area (Å²) in [6, 6.07) is 8.26. The average molecular weight is 355 g/mol. The van der Waals surface area contributed by atoms with E-state index >= 15 is 0 Å². The van der Waals surface area contributed by atoms with Crippen molar-refractivity contribution >= 4 is 23.1 Å². The number of hydrogen-bond donors (Lipinski definition) is 2. The SMILES string of the molecule is CNc1ccc(C(=O)NCc2ccc(N3CCCC3)nc2)cc1[N+](=O)[O-]. The lowest BCUT2D eigenvalue weighted by molar-refractivity contribution is -0.384. The Hall–Kier alpha value is -3.16. The Morgan fingerprint density at radius 1 is 1.27 bits per heavy atom.